The third kappa shape index (κ3) is 4.83. The molecular formula is C46H31NO. The molecule has 0 unspecified atom stereocenters. The first-order chi connectivity index (χ1) is 23.8. The molecule has 9 rings (SSSR count). The highest BCUT2D eigenvalue weighted by molar-refractivity contribution is 6.12. The summed E-state index contributed by atoms with van der Waals surface area (Å²) in [5.74, 6) is 1.72. The van der Waals surface area contributed by atoms with Gasteiger partial charge in [-0.3, -0.25) is 0 Å². The van der Waals surface area contributed by atoms with E-state index in [2.05, 4.69) is 193 Å². The minimum Gasteiger partial charge on any atom is -0.454 e. The second-order valence-electron chi connectivity index (χ2n) is 12.1. The van der Waals surface area contributed by atoms with E-state index >= 15 is 0 Å². The van der Waals surface area contributed by atoms with Crippen LogP contribution in [0.15, 0.2) is 188 Å². The van der Waals surface area contributed by atoms with Gasteiger partial charge in [0, 0.05) is 27.9 Å². The molecule has 8 aromatic carbocycles. The molecule has 0 bridgehead atoms. The van der Waals surface area contributed by atoms with Crippen molar-refractivity contribution >= 4 is 27.8 Å². The molecule has 0 amide bonds. The zero-order valence-electron chi connectivity index (χ0n) is 26.3. The molecule has 0 saturated heterocycles. The Labute approximate surface area is 280 Å². The van der Waals surface area contributed by atoms with Gasteiger partial charge in [-0.2, -0.15) is 0 Å². The number of nitrogens with zero attached hydrogens (tertiary/aromatic N) is 1. The Morgan fingerprint density at radius 3 is 1.42 bits per heavy atom. The summed E-state index contributed by atoms with van der Waals surface area (Å²) in [6, 6.07) is 66.7. The van der Waals surface area contributed by atoms with Crippen LogP contribution in [0.3, 0.4) is 0 Å². The monoisotopic (exact) mass is 613 g/mol. The first-order valence-electron chi connectivity index (χ1n) is 16.4. The van der Waals surface area contributed by atoms with Gasteiger partial charge in [0.25, 0.3) is 0 Å². The topological polar surface area (TPSA) is 12.5 Å². The summed E-state index contributed by atoms with van der Waals surface area (Å²) < 4.78 is 6.94. The number of anilines is 3. The van der Waals surface area contributed by atoms with Crippen LogP contribution in [0, 0.1) is 0 Å². The van der Waals surface area contributed by atoms with E-state index in [-0.39, 0.29) is 0 Å². The Morgan fingerprint density at radius 1 is 0.354 bits per heavy atom. The molecule has 0 saturated carbocycles. The van der Waals surface area contributed by atoms with Crippen molar-refractivity contribution in [3.8, 4) is 56.0 Å². The molecule has 0 aromatic heterocycles. The maximum atomic E-state index is 6.94. The third-order valence-electron chi connectivity index (χ3n) is 9.28. The van der Waals surface area contributed by atoms with Crippen molar-refractivity contribution in [3.63, 3.8) is 0 Å². The number of benzene rings is 8. The van der Waals surface area contributed by atoms with Crippen LogP contribution in [0.4, 0.5) is 17.1 Å². The Bertz CT molecular complexity index is 2300. The van der Waals surface area contributed by atoms with Crippen LogP contribution in [0.5, 0.6) is 11.5 Å². The average Bonchev–Trinajstić information content (AvgIpc) is 3.17. The molecule has 8 aromatic rings. The number of hydrogen-bond donors (Lipinski definition) is 0. The number of fused-ring (bicyclic) bond motifs is 2. The van der Waals surface area contributed by atoms with E-state index in [9.17, 15) is 0 Å². The van der Waals surface area contributed by atoms with Crippen molar-refractivity contribution in [1.82, 2.24) is 0 Å². The van der Waals surface area contributed by atoms with Crippen LogP contribution < -0.4 is 9.64 Å². The maximum absolute atomic E-state index is 6.94. The number of ether oxygens (including phenoxy) is 1. The summed E-state index contributed by atoms with van der Waals surface area (Å²) >= 11 is 0. The molecule has 1 aliphatic rings. The van der Waals surface area contributed by atoms with E-state index in [0.717, 1.165) is 44.9 Å². The second-order valence-corrected chi connectivity index (χ2v) is 12.1. The van der Waals surface area contributed by atoms with Gasteiger partial charge in [0.2, 0.25) is 0 Å². The number of rotatable bonds is 6. The molecule has 226 valence electrons. The zero-order chi connectivity index (χ0) is 31.9. The normalized spacial score (nSPS) is 11.5. The van der Waals surface area contributed by atoms with E-state index in [1.807, 2.05) is 0 Å². The Kier molecular flexibility index (Phi) is 6.84. The van der Waals surface area contributed by atoms with E-state index < -0.39 is 0 Å². The fourth-order valence-corrected chi connectivity index (χ4v) is 6.96. The van der Waals surface area contributed by atoms with Crippen molar-refractivity contribution in [1.29, 1.82) is 0 Å². The van der Waals surface area contributed by atoms with Crippen LogP contribution in [-0.2, 0) is 0 Å². The van der Waals surface area contributed by atoms with Gasteiger partial charge < -0.3 is 9.64 Å². The van der Waals surface area contributed by atoms with Crippen molar-refractivity contribution < 1.29 is 4.74 Å². The van der Waals surface area contributed by atoms with E-state index in [1.54, 1.807) is 0 Å². The molecule has 0 atom stereocenters. The van der Waals surface area contributed by atoms with Gasteiger partial charge in [0.1, 0.15) is 5.75 Å². The molecule has 48 heavy (non-hydrogen) atoms. The van der Waals surface area contributed by atoms with E-state index in [1.165, 1.54) is 38.9 Å². The summed E-state index contributed by atoms with van der Waals surface area (Å²) in [6.07, 6.45) is 0. The molecule has 0 spiro atoms. The van der Waals surface area contributed by atoms with Crippen molar-refractivity contribution in [2.75, 3.05) is 4.90 Å². The van der Waals surface area contributed by atoms with Gasteiger partial charge in [0.05, 0.1) is 5.69 Å². The molecular weight excluding hydrogens is 583 g/mol. The third-order valence-corrected chi connectivity index (χ3v) is 9.28. The standard InChI is InChI=1S/C46H31NO/c1-4-12-32(13-5-1)34-20-26-38(27-21-34)47(39-28-22-35(23-29-39)33-14-6-2-7-15-33)42-31-25-37-24-30-40(36-16-8-3-9-17-36)45-41-18-10-11-19-43(41)48-46(42)44(37)45/h1-31H. The number of para-hydroxylation sites is 1. The fraction of sp³-hybridized carbons (Fsp3) is 0. The van der Waals surface area contributed by atoms with Crippen LogP contribution >= 0.6 is 0 Å². The molecule has 0 fully saturated rings. The summed E-state index contributed by atoms with van der Waals surface area (Å²) in [6.45, 7) is 0. The predicted molar refractivity (Wildman–Crippen MR) is 200 cm³/mol. The maximum Gasteiger partial charge on any atom is 0.159 e. The lowest BCUT2D eigenvalue weighted by Crippen LogP contribution is -2.12. The van der Waals surface area contributed by atoms with Crippen LogP contribution in [0.1, 0.15) is 0 Å². The molecule has 0 N–H and O–H groups in total. The minimum absolute atomic E-state index is 0.859. The van der Waals surface area contributed by atoms with E-state index in [0.29, 0.717) is 0 Å². The lowest BCUT2D eigenvalue weighted by Gasteiger charge is -2.31. The highest BCUT2D eigenvalue weighted by Gasteiger charge is 2.28. The van der Waals surface area contributed by atoms with Gasteiger partial charge in [0.15, 0.2) is 5.75 Å². The quantitative estimate of drug-likeness (QED) is 0.185. The van der Waals surface area contributed by atoms with Gasteiger partial charge in [-0.15, -0.1) is 0 Å². The van der Waals surface area contributed by atoms with E-state index in [4.69, 9.17) is 4.74 Å². The SMILES string of the molecule is c1ccc(-c2ccc(N(c3ccc(-c4ccccc4)cc3)c3ccc4ccc(-c5ccccc5)c5c4c3Oc3ccccc3-5)cc2)cc1. The second kappa shape index (κ2) is 11.8. The van der Waals surface area contributed by atoms with Crippen LogP contribution in [0.2, 0.25) is 0 Å². The zero-order valence-corrected chi connectivity index (χ0v) is 26.3. The first kappa shape index (κ1) is 27.9. The Balaban J connectivity index is 1.27. The largest absolute Gasteiger partial charge is 0.454 e. The van der Waals surface area contributed by atoms with Gasteiger partial charge in [-0.05, 0) is 75.2 Å². The van der Waals surface area contributed by atoms with Crippen LogP contribution in [0.25, 0.3) is 55.3 Å². The molecule has 2 heteroatoms. The average molecular weight is 614 g/mol. The highest BCUT2D eigenvalue weighted by atomic mass is 16.5. The fourth-order valence-electron chi connectivity index (χ4n) is 6.96. The summed E-state index contributed by atoms with van der Waals surface area (Å²) in [4.78, 5) is 2.32. The highest BCUT2D eigenvalue weighted by Crippen LogP contribution is 2.55. The molecule has 1 aliphatic heterocycles. The smallest absolute Gasteiger partial charge is 0.159 e. The van der Waals surface area contributed by atoms with Crippen molar-refractivity contribution in [2.45, 2.75) is 0 Å². The van der Waals surface area contributed by atoms with Crippen molar-refractivity contribution in [2.24, 2.45) is 0 Å². The van der Waals surface area contributed by atoms with Gasteiger partial charge >= 0.3 is 0 Å². The summed E-state index contributed by atoms with van der Waals surface area (Å²) in [5, 5.41) is 2.27. The predicted octanol–water partition coefficient (Wildman–Crippen LogP) is 13.1. The van der Waals surface area contributed by atoms with Gasteiger partial charge in [-0.1, -0.05) is 152 Å². The molecule has 2 nitrogen and oxygen atoms in total. The molecule has 0 aliphatic carbocycles. The molecule has 0 radical (unpaired) electrons. The first-order valence-corrected chi connectivity index (χ1v) is 16.4. The number of hydrogen-bond acceptors (Lipinski definition) is 2. The summed E-state index contributed by atoms with van der Waals surface area (Å²) in [5.41, 5.74) is 12.6. The molecule has 1 heterocycles. The summed E-state index contributed by atoms with van der Waals surface area (Å²) in [7, 11) is 0. The lowest BCUT2D eigenvalue weighted by atomic mass is 9.87. The minimum atomic E-state index is 0.859. The van der Waals surface area contributed by atoms with Crippen LogP contribution in [-0.4, -0.2) is 0 Å². The van der Waals surface area contributed by atoms with Gasteiger partial charge in [-0.25, -0.2) is 0 Å². The van der Waals surface area contributed by atoms with Crippen molar-refractivity contribution in [3.05, 3.63) is 188 Å². The Morgan fingerprint density at radius 2 is 0.833 bits per heavy atom. The Hall–Kier alpha value is -6.38. The lowest BCUT2D eigenvalue weighted by molar-refractivity contribution is 0.488.